The summed E-state index contributed by atoms with van der Waals surface area (Å²) in [6.07, 6.45) is 0.752. The predicted molar refractivity (Wildman–Crippen MR) is 145 cm³/mol. The Morgan fingerprint density at radius 2 is 1.66 bits per heavy atom. The van der Waals surface area contributed by atoms with Gasteiger partial charge in [0.2, 0.25) is 0 Å². The van der Waals surface area contributed by atoms with E-state index in [-0.39, 0.29) is 18.3 Å². The molecule has 192 valence electrons. The van der Waals surface area contributed by atoms with Crippen LogP contribution in [0, 0.1) is 5.82 Å². The Hall–Kier alpha value is -4.65. The number of carbonyl (C=O) groups excluding carboxylic acids is 1. The van der Waals surface area contributed by atoms with E-state index in [1.807, 2.05) is 71.3 Å². The quantitative estimate of drug-likeness (QED) is 0.259. The van der Waals surface area contributed by atoms with Gasteiger partial charge in [0.25, 0.3) is 5.91 Å². The van der Waals surface area contributed by atoms with Crippen LogP contribution in [0.5, 0.6) is 11.5 Å². The first kappa shape index (κ1) is 25.0. The van der Waals surface area contributed by atoms with Crippen LogP contribution in [0.4, 0.5) is 4.39 Å². The number of halogens is 1. The van der Waals surface area contributed by atoms with Gasteiger partial charge < -0.3 is 19.4 Å². The molecule has 6 nitrogen and oxygen atoms in total. The fourth-order valence-corrected chi connectivity index (χ4v) is 4.37. The Balaban J connectivity index is 1.40. The molecule has 0 radical (unpaired) electrons. The van der Waals surface area contributed by atoms with E-state index in [2.05, 4.69) is 5.32 Å². The lowest BCUT2D eigenvalue weighted by Crippen LogP contribution is -2.25. The van der Waals surface area contributed by atoms with Crippen LogP contribution in [0.3, 0.4) is 0 Å². The van der Waals surface area contributed by atoms with E-state index < -0.39 is 0 Å². The van der Waals surface area contributed by atoms with Crippen LogP contribution in [0.25, 0.3) is 11.0 Å². The molecular weight excluding hydrogens is 481 g/mol. The van der Waals surface area contributed by atoms with E-state index in [9.17, 15) is 9.18 Å². The maximum absolute atomic E-state index is 13.9. The summed E-state index contributed by atoms with van der Waals surface area (Å²) in [5.74, 6) is 1.41. The van der Waals surface area contributed by atoms with E-state index in [1.165, 1.54) is 17.7 Å². The van der Waals surface area contributed by atoms with Gasteiger partial charge in [-0.2, -0.15) is 0 Å². The number of hydrogen-bond acceptors (Lipinski definition) is 4. The second-order valence-electron chi connectivity index (χ2n) is 8.88. The lowest BCUT2D eigenvalue weighted by molar-refractivity contribution is 0.0954. The number of nitrogens with zero attached hydrogens (tertiary/aromatic N) is 2. The van der Waals surface area contributed by atoms with E-state index in [1.54, 1.807) is 25.3 Å². The smallest absolute Gasteiger partial charge is 0.251 e. The highest BCUT2D eigenvalue weighted by Gasteiger charge is 2.16. The molecule has 1 amide bonds. The van der Waals surface area contributed by atoms with Gasteiger partial charge in [-0.1, -0.05) is 54.6 Å². The standard InChI is InChI=1S/C31H28FN3O3/c1-37-28-12-5-6-13-29(28)38-21-30-34-26-19-24(31(36)33-17-16-22-8-3-2-4-9-22)14-15-27(26)35(30)20-23-10-7-11-25(32)18-23/h2-15,18-19H,16-17,20-21H2,1H3,(H,33,36). The number of methoxy groups -OCH3 is 1. The minimum absolute atomic E-state index is 0.158. The molecule has 1 N–H and O–H groups in total. The highest BCUT2D eigenvalue weighted by Crippen LogP contribution is 2.28. The number of amides is 1. The van der Waals surface area contributed by atoms with Crippen LogP contribution in [0.1, 0.15) is 27.3 Å². The molecule has 0 spiro atoms. The zero-order chi connectivity index (χ0) is 26.3. The minimum atomic E-state index is -0.298. The molecule has 5 rings (SSSR count). The van der Waals surface area contributed by atoms with Crippen molar-refractivity contribution in [3.05, 3.63) is 125 Å². The third-order valence-corrected chi connectivity index (χ3v) is 6.29. The summed E-state index contributed by atoms with van der Waals surface area (Å²) in [5, 5.41) is 2.99. The highest BCUT2D eigenvalue weighted by molar-refractivity contribution is 5.97. The van der Waals surface area contributed by atoms with Crippen molar-refractivity contribution in [2.24, 2.45) is 0 Å². The number of nitrogens with one attached hydrogen (secondary N) is 1. The van der Waals surface area contributed by atoms with Crippen molar-refractivity contribution in [3.63, 3.8) is 0 Å². The molecule has 0 saturated heterocycles. The van der Waals surface area contributed by atoms with Gasteiger partial charge in [0.1, 0.15) is 18.2 Å². The molecule has 0 aliphatic carbocycles. The van der Waals surface area contributed by atoms with Gasteiger partial charge in [-0.15, -0.1) is 0 Å². The van der Waals surface area contributed by atoms with Gasteiger partial charge in [0, 0.05) is 18.7 Å². The second-order valence-corrected chi connectivity index (χ2v) is 8.88. The normalized spacial score (nSPS) is 10.9. The largest absolute Gasteiger partial charge is 0.493 e. The van der Waals surface area contributed by atoms with Gasteiger partial charge >= 0.3 is 0 Å². The van der Waals surface area contributed by atoms with Crippen LogP contribution in [-0.2, 0) is 19.6 Å². The Bertz CT molecular complexity index is 1550. The molecule has 1 aromatic heterocycles. The van der Waals surface area contributed by atoms with Crippen molar-refractivity contribution in [2.45, 2.75) is 19.6 Å². The van der Waals surface area contributed by atoms with Gasteiger partial charge in [-0.25, -0.2) is 9.37 Å². The van der Waals surface area contributed by atoms with Crippen LogP contribution in [-0.4, -0.2) is 29.1 Å². The molecule has 0 unspecified atom stereocenters. The summed E-state index contributed by atoms with van der Waals surface area (Å²) in [5.41, 5.74) is 3.98. The van der Waals surface area contributed by atoms with Crippen LogP contribution < -0.4 is 14.8 Å². The highest BCUT2D eigenvalue weighted by atomic mass is 19.1. The van der Waals surface area contributed by atoms with Crippen molar-refractivity contribution < 1.29 is 18.7 Å². The van der Waals surface area contributed by atoms with Crippen molar-refractivity contribution in [3.8, 4) is 11.5 Å². The summed E-state index contributed by atoms with van der Waals surface area (Å²) < 4.78 is 27.3. The summed E-state index contributed by atoms with van der Waals surface area (Å²) >= 11 is 0. The lowest BCUT2D eigenvalue weighted by Gasteiger charge is -2.13. The summed E-state index contributed by atoms with van der Waals surface area (Å²) in [7, 11) is 1.59. The minimum Gasteiger partial charge on any atom is -0.493 e. The molecule has 0 bridgehead atoms. The SMILES string of the molecule is COc1ccccc1OCc1nc2cc(C(=O)NCCc3ccccc3)ccc2n1Cc1cccc(F)c1. The first-order valence-corrected chi connectivity index (χ1v) is 12.4. The maximum atomic E-state index is 13.9. The monoisotopic (exact) mass is 509 g/mol. The summed E-state index contributed by atoms with van der Waals surface area (Å²) in [4.78, 5) is 17.7. The van der Waals surface area contributed by atoms with E-state index in [0.29, 0.717) is 41.5 Å². The second kappa shape index (κ2) is 11.6. The fourth-order valence-electron chi connectivity index (χ4n) is 4.37. The predicted octanol–water partition coefficient (Wildman–Crippen LogP) is 5.78. The number of rotatable bonds is 10. The van der Waals surface area contributed by atoms with Gasteiger partial charge in [0.05, 0.1) is 18.1 Å². The topological polar surface area (TPSA) is 65.4 Å². The molecule has 0 saturated carbocycles. The Kier molecular flexibility index (Phi) is 7.64. The molecular formula is C31H28FN3O3. The van der Waals surface area contributed by atoms with E-state index >= 15 is 0 Å². The Labute approximate surface area is 220 Å². The molecule has 0 aliphatic rings. The number of hydrogen-bond donors (Lipinski definition) is 1. The number of fused-ring (bicyclic) bond motifs is 1. The fraction of sp³-hybridized carbons (Fsp3) is 0.161. The number of para-hydroxylation sites is 2. The zero-order valence-corrected chi connectivity index (χ0v) is 21.1. The average molecular weight is 510 g/mol. The third-order valence-electron chi connectivity index (χ3n) is 6.29. The molecule has 7 heteroatoms. The van der Waals surface area contributed by atoms with Gasteiger partial charge in [0.15, 0.2) is 11.5 Å². The average Bonchev–Trinajstić information content (AvgIpc) is 3.28. The molecule has 0 aliphatic heterocycles. The molecule has 38 heavy (non-hydrogen) atoms. The molecule has 0 atom stereocenters. The maximum Gasteiger partial charge on any atom is 0.251 e. The van der Waals surface area contributed by atoms with Crippen molar-refractivity contribution in [1.82, 2.24) is 14.9 Å². The molecule has 4 aromatic carbocycles. The van der Waals surface area contributed by atoms with E-state index in [4.69, 9.17) is 14.5 Å². The van der Waals surface area contributed by atoms with Crippen LogP contribution in [0.15, 0.2) is 97.1 Å². The summed E-state index contributed by atoms with van der Waals surface area (Å²) in [6, 6.07) is 29.3. The van der Waals surface area contributed by atoms with Gasteiger partial charge in [-0.3, -0.25) is 4.79 Å². The molecule has 5 aromatic rings. The first-order valence-electron chi connectivity index (χ1n) is 12.4. The number of aromatic nitrogens is 2. The van der Waals surface area contributed by atoms with Crippen LogP contribution >= 0.6 is 0 Å². The number of benzene rings is 4. The molecule has 1 heterocycles. The van der Waals surface area contributed by atoms with E-state index in [0.717, 1.165) is 17.5 Å². The number of imidazole rings is 1. The number of ether oxygens (including phenoxy) is 2. The molecule has 0 fully saturated rings. The summed E-state index contributed by atoms with van der Waals surface area (Å²) in [6.45, 7) is 1.11. The Morgan fingerprint density at radius 1 is 0.895 bits per heavy atom. The van der Waals surface area contributed by atoms with Crippen molar-refractivity contribution in [2.75, 3.05) is 13.7 Å². The lowest BCUT2D eigenvalue weighted by atomic mass is 10.1. The van der Waals surface area contributed by atoms with Crippen molar-refractivity contribution >= 4 is 16.9 Å². The van der Waals surface area contributed by atoms with Crippen molar-refractivity contribution in [1.29, 1.82) is 0 Å². The van der Waals surface area contributed by atoms with Gasteiger partial charge in [-0.05, 0) is 60.0 Å². The zero-order valence-electron chi connectivity index (χ0n) is 21.1. The third kappa shape index (κ3) is 5.83. The number of carbonyl (C=O) groups is 1. The van der Waals surface area contributed by atoms with Crippen LogP contribution in [0.2, 0.25) is 0 Å². The first-order chi connectivity index (χ1) is 18.6. The Morgan fingerprint density at radius 3 is 2.45 bits per heavy atom.